The van der Waals surface area contributed by atoms with Gasteiger partial charge in [0.05, 0.1) is 6.26 Å². The average molecular weight is 256 g/mol. The van der Waals surface area contributed by atoms with E-state index in [2.05, 4.69) is 15.3 Å². The van der Waals surface area contributed by atoms with Crippen LogP contribution in [-0.2, 0) is 0 Å². The first-order chi connectivity index (χ1) is 9.25. The molecule has 94 valence electrons. The molecule has 0 radical (unpaired) electrons. The van der Waals surface area contributed by atoms with Crippen molar-refractivity contribution in [3.8, 4) is 17.3 Å². The van der Waals surface area contributed by atoms with E-state index in [1.807, 2.05) is 0 Å². The predicted molar refractivity (Wildman–Crippen MR) is 63.8 cm³/mol. The zero-order chi connectivity index (χ0) is 13.2. The molecule has 0 spiro atoms. The number of hydrogen-bond donors (Lipinski definition) is 1. The van der Waals surface area contributed by atoms with Crippen LogP contribution in [0.15, 0.2) is 47.2 Å². The minimum absolute atomic E-state index is 0.0861. The Morgan fingerprint density at radius 3 is 2.84 bits per heavy atom. The Hall–Kier alpha value is -2.96. The van der Waals surface area contributed by atoms with Gasteiger partial charge in [-0.1, -0.05) is 0 Å². The summed E-state index contributed by atoms with van der Waals surface area (Å²) in [6, 6.07) is 8.23. The van der Waals surface area contributed by atoms with Crippen LogP contribution in [0.3, 0.4) is 0 Å². The van der Waals surface area contributed by atoms with Crippen molar-refractivity contribution in [2.24, 2.45) is 0 Å². The van der Waals surface area contributed by atoms with Crippen LogP contribution >= 0.6 is 0 Å². The first kappa shape index (κ1) is 11.1. The lowest BCUT2D eigenvalue weighted by molar-refractivity contribution is 0.0690. The fraction of sp³-hybridized carbons (Fsp3) is 0. The molecule has 0 aliphatic carbocycles. The molecule has 0 aliphatic rings. The SMILES string of the molecule is O=C(O)c1cc(-c2ccco2)n(-c2cccnn2)n1. The monoisotopic (exact) mass is 256 g/mol. The Bertz CT molecular complexity index is 704. The van der Waals surface area contributed by atoms with E-state index >= 15 is 0 Å². The number of nitrogens with zero attached hydrogens (tertiary/aromatic N) is 4. The molecule has 0 saturated carbocycles. The minimum Gasteiger partial charge on any atom is -0.476 e. The summed E-state index contributed by atoms with van der Waals surface area (Å²) in [5.41, 5.74) is 0.417. The zero-order valence-electron chi connectivity index (χ0n) is 9.59. The molecule has 3 rings (SSSR count). The fourth-order valence-electron chi connectivity index (χ4n) is 1.67. The second-order valence-corrected chi connectivity index (χ2v) is 3.69. The molecule has 7 heteroatoms. The zero-order valence-corrected chi connectivity index (χ0v) is 9.59. The van der Waals surface area contributed by atoms with E-state index in [-0.39, 0.29) is 5.69 Å². The summed E-state index contributed by atoms with van der Waals surface area (Å²) in [6.45, 7) is 0. The van der Waals surface area contributed by atoms with Crippen molar-refractivity contribution in [3.05, 3.63) is 48.5 Å². The lowest BCUT2D eigenvalue weighted by Crippen LogP contribution is -2.04. The maximum atomic E-state index is 11.0. The van der Waals surface area contributed by atoms with E-state index in [0.717, 1.165) is 0 Å². The van der Waals surface area contributed by atoms with Gasteiger partial charge in [0.15, 0.2) is 17.3 Å². The maximum absolute atomic E-state index is 11.0. The van der Waals surface area contributed by atoms with Crippen LogP contribution in [0.2, 0.25) is 0 Å². The number of furan rings is 1. The third-order valence-electron chi connectivity index (χ3n) is 2.48. The molecule has 0 unspecified atom stereocenters. The highest BCUT2D eigenvalue weighted by atomic mass is 16.4. The van der Waals surface area contributed by atoms with Gasteiger partial charge < -0.3 is 9.52 Å². The standard InChI is InChI=1S/C12H8N4O3/c17-12(18)8-7-9(10-3-2-6-19-10)16(15-8)11-4-1-5-13-14-11/h1-7H,(H,17,18). The highest BCUT2D eigenvalue weighted by Crippen LogP contribution is 2.23. The van der Waals surface area contributed by atoms with E-state index in [0.29, 0.717) is 17.3 Å². The van der Waals surface area contributed by atoms with Crippen LogP contribution in [0.25, 0.3) is 17.3 Å². The van der Waals surface area contributed by atoms with Crippen LogP contribution in [0.5, 0.6) is 0 Å². The summed E-state index contributed by atoms with van der Waals surface area (Å²) in [4.78, 5) is 11.0. The summed E-state index contributed by atoms with van der Waals surface area (Å²) in [5.74, 6) is -0.192. The van der Waals surface area contributed by atoms with E-state index in [1.54, 1.807) is 24.3 Å². The van der Waals surface area contributed by atoms with Gasteiger partial charge in [0.2, 0.25) is 0 Å². The molecule has 0 aromatic carbocycles. The van der Waals surface area contributed by atoms with Gasteiger partial charge in [-0.25, -0.2) is 9.48 Å². The molecule has 0 saturated heterocycles. The summed E-state index contributed by atoms with van der Waals surface area (Å²) in [5, 5.41) is 20.7. The molecule has 0 atom stereocenters. The smallest absolute Gasteiger partial charge is 0.356 e. The van der Waals surface area contributed by atoms with Gasteiger partial charge in [-0.15, -0.1) is 5.10 Å². The number of aromatic carboxylic acids is 1. The van der Waals surface area contributed by atoms with Crippen LogP contribution in [0, 0.1) is 0 Å². The normalized spacial score (nSPS) is 10.5. The van der Waals surface area contributed by atoms with Crippen molar-refractivity contribution in [3.63, 3.8) is 0 Å². The molecule has 3 aromatic rings. The van der Waals surface area contributed by atoms with E-state index in [1.165, 1.54) is 23.2 Å². The number of hydrogen-bond acceptors (Lipinski definition) is 5. The molecule has 7 nitrogen and oxygen atoms in total. The second-order valence-electron chi connectivity index (χ2n) is 3.69. The summed E-state index contributed by atoms with van der Waals surface area (Å²) >= 11 is 0. The van der Waals surface area contributed by atoms with E-state index in [4.69, 9.17) is 9.52 Å². The molecule has 3 heterocycles. The first-order valence-electron chi connectivity index (χ1n) is 5.41. The third-order valence-corrected chi connectivity index (χ3v) is 2.48. The number of aromatic nitrogens is 4. The highest BCUT2D eigenvalue weighted by molar-refractivity contribution is 5.86. The van der Waals surface area contributed by atoms with Gasteiger partial charge in [0.25, 0.3) is 0 Å². The van der Waals surface area contributed by atoms with Crippen molar-refractivity contribution >= 4 is 5.97 Å². The van der Waals surface area contributed by atoms with Gasteiger partial charge in [0.1, 0.15) is 5.69 Å². The molecule has 0 amide bonds. The largest absolute Gasteiger partial charge is 0.476 e. The Balaban J connectivity index is 2.20. The van der Waals surface area contributed by atoms with Gasteiger partial charge in [-0.3, -0.25) is 0 Å². The predicted octanol–water partition coefficient (Wildman–Crippen LogP) is 1.62. The Morgan fingerprint density at radius 1 is 1.32 bits per heavy atom. The fourth-order valence-corrected chi connectivity index (χ4v) is 1.67. The van der Waals surface area contributed by atoms with Gasteiger partial charge in [-0.2, -0.15) is 10.2 Å². The lowest BCUT2D eigenvalue weighted by atomic mass is 10.3. The molecule has 3 aromatic heterocycles. The molecule has 0 bridgehead atoms. The van der Waals surface area contributed by atoms with Gasteiger partial charge in [-0.05, 0) is 24.3 Å². The quantitative estimate of drug-likeness (QED) is 0.765. The third kappa shape index (κ3) is 1.97. The number of carboxylic acids is 1. The van der Waals surface area contributed by atoms with Crippen LogP contribution < -0.4 is 0 Å². The van der Waals surface area contributed by atoms with Crippen molar-refractivity contribution in [2.75, 3.05) is 0 Å². The topological polar surface area (TPSA) is 94.0 Å². The van der Waals surface area contributed by atoms with Crippen molar-refractivity contribution in [2.45, 2.75) is 0 Å². The molecule has 0 aliphatic heterocycles. The molecular formula is C12H8N4O3. The number of carbonyl (C=O) groups is 1. The van der Waals surface area contributed by atoms with Crippen LogP contribution in [-0.4, -0.2) is 31.1 Å². The lowest BCUT2D eigenvalue weighted by Gasteiger charge is -2.02. The number of carboxylic acid groups (broad SMARTS) is 1. The van der Waals surface area contributed by atoms with Crippen LogP contribution in [0.1, 0.15) is 10.5 Å². The average Bonchev–Trinajstić information content (AvgIpc) is 3.08. The van der Waals surface area contributed by atoms with Crippen LogP contribution in [0.4, 0.5) is 0 Å². The first-order valence-corrected chi connectivity index (χ1v) is 5.41. The number of rotatable bonds is 3. The molecule has 19 heavy (non-hydrogen) atoms. The van der Waals surface area contributed by atoms with Gasteiger partial charge in [0, 0.05) is 12.3 Å². The molecular weight excluding hydrogens is 248 g/mol. The maximum Gasteiger partial charge on any atom is 0.356 e. The van der Waals surface area contributed by atoms with Crippen molar-refractivity contribution in [1.82, 2.24) is 20.0 Å². The highest BCUT2D eigenvalue weighted by Gasteiger charge is 2.18. The Labute approximate surface area is 107 Å². The van der Waals surface area contributed by atoms with E-state index in [9.17, 15) is 4.79 Å². The minimum atomic E-state index is -1.12. The Morgan fingerprint density at radius 2 is 2.21 bits per heavy atom. The van der Waals surface area contributed by atoms with E-state index < -0.39 is 5.97 Å². The van der Waals surface area contributed by atoms with Crippen molar-refractivity contribution in [1.29, 1.82) is 0 Å². The summed E-state index contributed by atoms with van der Waals surface area (Å²) < 4.78 is 6.66. The molecule has 0 fully saturated rings. The van der Waals surface area contributed by atoms with Gasteiger partial charge >= 0.3 is 5.97 Å². The van der Waals surface area contributed by atoms with Crippen molar-refractivity contribution < 1.29 is 14.3 Å². The molecule has 1 N–H and O–H groups in total. The second kappa shape index (κ2) is 4.37. The summed E-state index contributed by atoms with van der Waals surface area (Å²) in [7, 11) is 0. The Kier molecular flexibility index (Phi) is 2.57. The summed E-state index contributed by atoms with van der Waals surface area (Å²) in [6.07, 6.45) is 3.03.